The molecule has 0 unspecified atom stereocenters. The van der Waals surface area contributed by atoms with Gasteiger partial charge in [-0.2, -0.15) is 0 Å². The van der Waals surface area contributed by atoms with E-state index in [1.54, 1.807) is 12.1 Å². The van der Waals surface area contributed by atoms with Gasteiger partial charge in [0.25, 0.3) is 0 Å². The highest BCUT2D eigenvalue weighted by atomic mass is 79.9. The Morgan fingerprint density at radius 2 is 1.79 bits per heavy atom. The zero-order valence-electron chi connectivity index (χ0n) is 10.3. The van der Waals surface area contributed by atoms with Gasteiger partial charge >= 0.3 is 0 Å². The SMILES string of the molecule is N[C@@H](c1cccc(F)c1Br)[C@H](O)Cc1ccccc1. The van der Waals surface area contributed by atoms with Crippen LogP contribution in [0, 0.1) is 5.82 Å². The summed E-state index contributed by atoms with van der Waals surface area (Å²) in [5.41, 5.74) is 7.58. The molecule has 2 aromatic carbocycles. The highest BCUT2D eigenvalue weighted by Crippen LogP contribution is 2.27. The minimum absolute atomic E-state index is 0.314. The van der Waals surface area contributed by atoms with Gasteiger partial charge in [-0.3, -0.25) is 0 Å². The van der Waals surface area contributed by atoms with E-state index < -0.39 is 12.1 Å². The number of hydrogen-bond donors (Lipinski definition) is 2. The van der Waals surface area contributed by atoms with Gasteiger partial charge in [-0.05, 0) is 33.1 Å². The van der Waals surface area contributed by atoms with Crippen LogP contribution in [0.15, 0.2) is 53.0 Å². The van der Waals surface area contributed by atoms with Crippen LogP contribution in [0.25, 0.3) is 0 Å². The maximum absolute atomic E-state index is 13.4. The van der Waals surface area contributed by atoms with Crippen LogP contribution < -0.4 is 5.73 Å². The predicted octanol–water partition coefficient (Wildman–Crippen LogP) is 3.19. The summed E-state index contributed by atoms with van der Waals surface area (Å²) >= 11 is 3.17. The number of nitrogens with two attached hydrogens (primary N) is 1. The first-order valence-electron chi connectivity index (χ1n) is 6.01. The Morgan fingerprint density at radius 1 is 1.11 bits per heavy atom. The lowest BCUT2D eigenvalue weighted by atomic mass is 9.97. The van der Waals surface area contributed by atoms with Crippen LogP contribution in [0.4, 0.5) is 4.39 Å². The lowest BCUT2D eigenvalue weighted by Gasteiger charge is -2.20. The monoisotopic (exact) mass is 323 g/mol. The van der Waals surface area contributed by atoms with Crippen molar-refractivity contribution in [3.05, 3.63) is 69.9 Å². The van der Waals surface area contributed by atoms with Gasteiger partial charge in [0.15, 0.2) is 0 Å². The molecule has 0 aliphatic heterocycles. The topological polar surface area (TPSA) is 46.2 Å². The third-order valence-electron chi connectivity index (χ3n) is 3.04. The van der Waals surface area contributed by atoms with Gasteiger partial charge in [-0.15, -0.1) is 0 Å². The Labute approximate surface area is 120 Å². The second-order valence-corrected chi connectivity index (χ2v) is 5.22. The molecule has 4 heteroatoms. The molecule has 3 N–H and O–H groups in total. The van der Waals surface area contributed by atoms with E-state index in [-0.39, 0.29) is 5.82 Å². The Kier molecular flexibility index (Phi) is 4.69. The van der Waals surface area contributed by atoms with Gasteiger partial charge in [-0.25, -0.2) is 4.39 Å². The molecule has 2 atom stereocenters. The standard InChI is InChI=1S/C15H15BrFNO/c16-14-11(7-4-8-12(14)17)15(18)13(19)9-10-5-2-1-3-6-10/h1-8,13,15,19H,9,18H2/t13-,15+/m1/s1. The van der Waals surface area contributed by atoms with E-state index in [9.17, 15) is 9.50 Å². The van der Waals surface area contributed by atoms with Gasteiger partial charge in [0.2, 0.25) is 0 Å². The van der Waals surface area contributed by atoms with Crippen LogP contribution in [0.3, 0.4) is 0 Å². The molecule has 0 saturated carbocycles. The summed E-state index contributed by atoms with van der Waals surface area (Å²) in [6, 6.07) is 13.6. The Hall–Kier alpha value is -1.23. The third kappa shape index (κ3) is 3.41. The molecule has 0 amide bonds. The molecule has 0 saturated heterocycles. The molecule has 0 aliphatic carbocycles. The molecule has 2 rings (SSSR count). The summed E-state index contributed by atoms with van der Waals surface area (Å²) in [7, 11) is 0. The summed E-state index contributed by atoms with van der Waals surface area (Å²) in [5.74, 6) is -0.375. The third-order valence-corrected chi connectivity index (χ3v) is 3.88. The lowest BCUT2D eigenvalue weighted by Crippen LogP contribution is -2.28. The van der Waals surface area contributed by atoms with Crippen molar-refractivity contribution in [2.24, 2.45) is 5.73 Å². The van der Waals surface area contributed by atoms with Crippen LogP contribution in [0.5, 0.6) is 0 Å². The first kappa shape index (κ1) is 14.2. The van der Waals surface area contributed by atoms with Crippen molar-refractivity contribution in [3.63, 3.8) is 0 Å². The van der Waals surface area contributed by atoms with Crippen molar-refractivity contribution in [3.8, 4) is 0 Å². The molecular formula is C15H15BrFNO. The van der Waals surface area contributed by atoms with Gasteiger partial charge in [0.1, 0.15) is 5.82 Å². The van der Waals surface area contributed by atoms with E-state index in [0.29, 0.717) is 16.5 Å². The van der Waals surface area contributed by atoms with Crippen molar-refractivity contribution in [2.75, 3.05) is 0 Å². The fourth-order valence-electron chi connectivity index (χ4n) is 1.97. The molecule has 2 nitrogen and oxygen atoms in total. The smallest absolute Gasteiger partial charge is 0.137 e. The average Bonchev–Trinajstić information content (AvgIpc) is 2.42. The maximum atomic E-state index is 13.4. The number of aliphatic hydroxyl groups is 1. The zero-order valence-corrected chi connectivity index (χ0v) is 11.8. The highest BCUT2D eigenvalue weighted by Gasteiger charge is 2.20. The summed E-state index contributed by atoms with van der Waals surface area (Å²) < 4.78 is 13.8. The van der Waals surface area contributed by atoms with E-state index >= 15 is 0 Å². The number of aliphatic hydroxyl groups excluding tert-OH is 1. The van der Waals surface area contributed by atoms with Crippen LogP contribution in [-0.4, -0.2) is 11.2 Å². The molecular weight excluding hydrogens is 309 g/mol. The fraction of sp³-hybridized carbons (Fsp3) is 0.200. The van der Waals surface area contributed by atoms with Crippen molar-refractivity contribution >= 4 is 15.9 Å². The second-order valence-electron chi connectivity index (χ2n) is 4.43. The molecule has 0 bridgehead atoms. The highest BCUT2D eigenvalue weighted by molar-refractivity contribution is 9.10. The molecule has 0 aliphatic rings. The van der Waals surface area contributed by atoms with Gasteiger partial charge in [0.05, 0.1) is 16.6 Å². The minimum atomic E-state index is -0.763. The average molecular weight is 324 g/mol. The second kappa shape index (κ2) is 6.28. The quantitative estimate of drug-likeness (QED) is 0.907. The Morgan fingerprint density at radius 3 is 2.47 bits per heavy atom. The summed E-state index contributed by atoms with van der Waals surface area (Å²) in [6.07, 6.45) is -0.328. The van der Waals surface area contributed by atoms with Crippen molar-refractivity contribution in [1.29, 1.82) is 0 Å². The summed E-state index contributed by atoms with van der Waals surface area (Å²) in [4.78, 5) is 0. The molecule has 0 fully saturated rings. The minimum Gasteiger partial charge on any atom is -0.391 e. The molecule has 100 valence electrons. The zero-order chi connectivity index (χ0) is 13.8. The molecule has 2 aromatic rings. The molecule has 0 heterocycles. The van der Waals surface area contributed by atoms with E-state index in [1.807, 2.05) is 30.3 Å². The number of halogens is 2. The summed E-state index contributed by atoms with van der Waals surface area (Å²) in [6.45, 7) is 0. The van der Waals surface area contributed by atoms with Crippen LogP contribution >= 0.6 is 15.9 Å². The van der Waals surface area contributed by atoms with Crippen LogP contribution in [0.2, 0.25) is 0 Å². The first-order valence-corrected chi connectivity index (χ1v) is 6.80. The largest absolute Gasteiger partial charge is 0.391 e. The van der Waals surface area contributed by atoms with Crippen LogP contribution in [0.1, 0.15) is 17.2 Å². The van der Waals surface area contributed by atoms with Crippen LogP contribution in [-0.2, 0) is 6.42 Å². The van der Waals surface area contributed by atoms with Crippen molar-refractivity contribution < 1.29 is 9.50 Å². The Bertz CT molecular complexity index is 547. The lowest BCUT2D eigenvalue weighted by molar-refractivity contribution is 0.144. The number of hydrogen-bond acceptors (Lipinski definition) is 2. The van der Waals surface area contributed by atoms with Gasteiger partial charge in [0, 0.05) is 6.42 Å². The number of rotatable bonds is 4. The van der Waals surface area contributed by atoms with E-state index in [4.69, 9.17) is 5.73 Å². The normalized spacial score (nSPS) is 14.1. The van der Waals surface area contributed by atoms with Gasteiger partial charge in [-0.1, -0.05) is 42.5 Å². The molecule has 0 aromatic heterocycles. The number of benzene rings is 2. The molecule has 19 heavy (non-hydrogen) atoms. The van der Waals surface area contributed by atoms with Gasteiger partial charge < -0.3 is 10.8 Å². The van der Waals surface area contributed by atoms with E-state index in [2.05, 4.69) is 15.9 Å². The van der Waals surface area contributed by atoms with E-state index in [0.717, 1.165) is 5.56 Å². The molecule has 0 radical (unpaired) electrons. The maximum Gasteiger partial charge on any atom is 0.137 e. The predicted molar refractivity (Wildman–Crippen MR) is 77.2 cm³/mol. The van der Waals surface area contributed by atoms with Crippen molar-refractivity contribution in [2.45, 2.75) is 18.6 Å². The molecule has 0 spiro atoms. The fourth-order valence-corrected chi connectivity index (χ4v) is 2.50. The van der Waals surface area contributed by atoms with Crippen molar-refractivity contribution in [1.82, 2.24) is 0 Å². The Balaban J connectivity index is 2.15. The van der Waals surface area contributed by atoms with E-state index in [1.165, 1.54) is 6.07 Å². The first-order chi connectivity index (χ1) is 9.09. The summed E-state index contributed by atoms with van der Waals surface area (Å²) in [5, 5.41) is 10.2.